The summed E-state index contributed by atoms with van der Waals surface area (Å²) in [4.78, 5) is 21.6. The monoisotopic (exact) mass is 541 g/mol. The first kappa shape index (κ1) is 22.7. The molecule has 5 nitrogen and oxygen atoms in total. The Hall–Kier alpha value is -2.45. The van der Waals surface area contributed by atoms with Gasteiger partial charge in [-0.05, 0) is 90.0 Å². The van der Waals surface area contributed by atoms with Crippen molar-refractivity contribution in [2.24, 2.45) is 0 Å². The van der Waals surface area contributed by atoms with Crippen molar-refractivity contribution in [3.05, 3.63) is 93.3 Å². The van der Waals surface area contributed by atoms with Gasteiger partial charge in [0.05, 0.1) is 12.2 Å². The number of halogens is 1. The number of phenols is 1. The first-order valence-corrected chi connectivity index (χ1v) is 12.0. The van der Waals surface area contributed by atoms with Crippen LogP contribution in [0.25, 0.3) is 0 Å². The van der Waals surface area contributed by atoms with Crippen molar-refractivity contribution >= 4 is 28.5 Å². The molecule has 1 unspecified atom stereocenters. The molecule has 1 N–H and O–H groups in total. The molecule has 1 aliphatic heterocycles. The Morgan fingerprint density at radius 2 is 1.91 bits per heavy atom. The van der Waals surface area contributed by atoms with Crippen LogP contribution in [0.3, 0.4) is 0 Å². The van der Waals surface area contributed by atoms with Crippen LogP contribution in [0.4, 0.5) is 0 Å². The lowest BCUT2D eigenvalue weighted by Crippen LogP contribution is -2.50. The molecule has 3 aromatic rings. The third-order valence-corrected chi connectivity index (χ3v) is 6.97. The Labute approximate surface area is 203 Å². The molecule has 1 aliphatic rings. The number of aromatic nitrogens is 1. The van der Waals surface area contributed by atoms with Gasteiger partial charge in [-0.25, -0.2) is 0 Å². The van der Waals surface area contributed by atoms with Crippen LogP contribution < -0.4 is 0 Å². The summed E-state index contributed by atoms with van der Waals surface area (Å²) >= 11 is 2.36. The van der Waals surface area contributed by atoms with Gasteiger partial charge in [0.15, 0.2) is 0 Å². The van der Waals surface area contributed by atoms with E-state index in [-0.39, 0.29) is 17.1 Å². The largest absolute Gasteiger partial charge is 0.508 e. The highest BCUT2D eigenvalue weighted by molar-refractivity contribution is 14.1. The van der Waals surface area contributed by atoms with Crippen molar-refractivity contribution in [2.45, 2.75) is 25.3 Å². The van der Waals surface area contributed by atoms with Crippen molar-refractivity contribution in [2.75, 3.05) is 26.2 Å². The number of carbonyl (C=O) groups is 1. The van der Waals surface area contributed by atoms with E-state index in [2.05, 4.69) is 69.7 Å². The minimum absolute atomic E-state index is 0.133. The summed E-state index contributed by atoms with van der Waals surface area (Å²) in [6.07, 6.45) is 2.73. The van der Waals surface area contributed by atoms with E-state index in [0.717, 1.165) is 30.8 Å². The third-order valence-electron chi connectivity index (χ3n) is 6.30. The van der Waals surface area contributed by atoms with Gasteiger partial charge >= 0.3 is 0 Å². The maximum Gasteiger partial charge on any atom is 0.237 e. The van der Waals surface area contributed by atoms with E-state index >= 15 is 0 Å². The van der Waals surface area contributed by atoms with E-state index in [0.29, 0.717) is 19.6 Å². The molecule has 1 atom stereocenters. The van der Waals surface area contributed by atoms with Crippen molar-refractivity contribution in [1.82, 2.24) is 14.8 Å². The van der Waals surface area contributed by atoms with Crippen LogP contribution in [-0.2, 0) is 16.8 Å². The van der Waals surface area contributed by atoms with E-state index in [1.807, 2.05) is 35.4 Å². The van der Waals surface area contributed by atoms with E-state index in [9.17, 15) is 9.90 Å². The van der Waals surface area contributed by atoms with Crippen LogP contribution in [0.15, 0.2) is 72.9 Å². The number of amides is 1. The number of hydrogen-bond acceptors (Lipinski definition) is 4. The molecule has 1 aromatic heterocycles. The molecule has 0 saturated carbocycles. The molecule has 0 bridgehead atoms. The van der Waals surface area contributed by atoms with Gasteiger partial charge in [-0.3, -0.25) is 14.7 Å². The second-order valence-corrected chi connectivity index (χ2v) is 9.81. The summed E-state index contributed by atoms with van der Waals surface area (Å²) in [6, 6.07) is 21.8. The molecule has 0 aliphatic carbocycles. The quantitative estimate of drug-likeness (QED) is 0.450. The maximum absolute atomic E-state index is 12.8. The highest BCUT2D eigenvalue weighted by atomic mass is 127. The SMILES string of the molecule is CC(CCN1CCN(Cc2cccc(O)c2)C(=O)C1)(c1cccc(I)c1)c1ccccn1. The molecule has 2 heterocycles. The zero-order chi connectivity index (χ0) is 22.6. The first-order valence-electron chi connectivity index (χ1n) is 10.9. The summed E-state index contributed by atoms with van der Waals surface area (Å²) < 4.78 is 1.21. The molecule has 1 amide bonds. The standard InChI is InChI=1S/C26H28IN3O2/c1-26(24-10-2-3-12-28-24,21-7-5-8-22(27)17-21)11-13-29-14-15-30(25(32)19-29)18-20-6-4-9-23(31)16-20/h2-10,12,16-17,31H,11,13-15,18-19H2,1H3. The highest BCUT2D eigenvalue weighted by Gasteiger charge is 2.32. The predicted octanol–water partition coefficient (Wildman–Crippen LogP) is 4.43. The lowest BCUT2D eigenvalue weighted by atomic mass is 9.76. The van der Waals surface area contributed by atoms with Crippen LogP contribution in [0.2, 0.25) is 0 Å². The number of carbonyl (C=O) groups excluding carboxylic acids is 1. The molecule has 6 heteroatoms. The van der Waals surface area contributed by atoms with Gasteiger partial charge in [0.2, 0.25) is 5.91 Å². The Morgan fingerprint density at radius 1 is 1.06 bits per heavy atom. The topological polar surface area (TPSA) is 56.7 Å². The first-order chi connectivity index (χ1) is 15.4. The Morgan fingerprint density at radius 3 is 2.62 bits per heavy atom. The number of hydrogen-bond donors (Lipinski definition) is 1. The van der Waals surface area contributed by atoms with Crippen molar-refractivity contribution in [3.8, 4) is 5.75 Å². The normalized spacial score (nSPS) is 16.7. The molecule has 1 saturated heterocycles. The van der Waals surface area contributed by atoms with Crippen molar-refractivity contribution in [1.29, 1.82) is 0 Å². The third kappa shape index (κ3) is 5.30. The average molecular weight is 541 g/mol. The van der Waals surface area contributed by atoms with Gasteiger partial charge in [-0.15, -0.1) is 0 Å². The highest BCUT2D eigenvalue weighted by Crippen LogP contribution is 2.35. The number of phenolic OH excluding ortho intramolecular Hbond substituents is 1. The Kier molecular flexibility index (Phi) is 7.10. The number of benzene rings is 2. The molecule has 4 rings (SSSR count). The zero-order valence-corrected chi connectivity index (χ0v) is 20.4. The fourth-order valence-electron chi connectivity index (χ4n) is 4.31. The molecule has 0 radical (unpaired) electrons. The molecule has 1 fully saturated rings. The van der Waals surface area contributed by atoms with Gasteiger partial charge in [-0.2, -0.15) is 0 Å². The number of rotatable bonds is 7. The number of nitrogens with zero attached hydrogens (tertiary/aromatic N) is 3. The second kappa shape index (κ2) is 10.0. The molecule has 32 heavy (non-hydrogen) atoms. The molecular weight excluding hydrogens is 513 g/mol. The molecule has 166 valence electrons. The summed E-state index contributed by atoms with van der Waals surface area (Å²) in [5, 5.41) is 9.68. The number of aromatic hydroxyl groups is 1. The number of piperazine rings is 1. The van der Waals surface area contributed by atoms with E-state index < -0.39 is 0 Å². The summed E-state index contributed by atoms with van der Waals surface area (Å²) in [5.74, 6) is 0.367. The fraction of sp³-hybridized carbons (Fsp3) is 0.308. The minimum atomic E-state index is -0.232. The van der Waals surface area contributed by atoms with Crippen LogP contribution in [-0.4, -0.2) is 52.0 Å². The summed E-state index contributed by atoms with van der Waals surface area (Å²) in [6.45, 7) is 5.57. The molecular formula is C26H28IN3O2. The molecule has 0 spiro atoms. The minimum Gasteiger partial charge on any atom is -0.508 e. The lowest BCUT2D eigenvalue weighted by Gasteiger charge is -2.37. The predicted molar refractivity (Wildman–Crippen MR) is 134 cm³/mol. The smallest absolute Gasteiger partial charge is 0.237 e. The van der Waals surface area contributed by atoms with Gasteiger partial charge in [0, 0.05) is 34.8 Å². The van der Waals surface area contributed by atoms with Crippen molar-refractivity contribution in [3.63, 3.8) is 0 Å². The Bertz CT molecular complexity index is 1080. The van der Waals surface area contributed by atoms with E-state index in [1.165, 1.54) is 9.13 Å². The lowest BCUT2D eigenvalue weighted by molar-refractivity contribution is -0.136. The van der Waals surface area contributed by atoms with Crippen LogP contribution in [0.5, 0.6) is 5.75 Å². The van der Waals surface area contributed by atoms with E-state index in [4.69, 9.17) is 0 Å². The zero-order valence-electron chi connectivity index (χ0n) is 18.2. The van der Waals surface area contributed by atoms with E-state index in [1.54, 1.807) is 12.1 Å². The van der Waals surface area contributed by atoms with Gasteiger partial charge in [0.1, 0.15) is 5.75 Å². The average Bonchev–Trinajstić information content (AvgIpc) is 2.80. The van der Waals surface area contributed by atoms with Gasteiger partial charge in [0.25, 0.3) is 0 Å². The maximum atomic E-state index is 12.8. The number of pyridine rings is 1. The van der Waals surface area contributed by atoms with Gasteiger partial charge in [-0.1, -0.05) is 30.3 Å². The van der Waals surface area contributed by atoms with Gasteiger partial charge < -0.3 is 10.0 Å². The summed E-state index contributed by atoms with van der Waals surface area (Å²) in [7, 11) is 0. The summed E-state index contributed by atoms with van der Waals surface area (Å²) in [5.41, 5.74) is 3.02. The second-order valence-electron chi connectivity index (χ2n) is 8.57. The van der Waals surface area contributed by atoms with Crippen molar-refractivity contribution < 1.29 is 9.90 Å². The Balaban J connectivity index is 1.44. The fourth-order valence-corrected chi connectivity index (χ4v) is 4.86. The van der Waals surface area contributed by atoms with Crippen LogP contribution in [0.1, 0.15) is 30.2 Å². The van der Waals surface area contributed by atoms with Crippen LogP contribution in [0, 0.1) is 3.57 Å². The molecule has 2 aromatic carbocycles. The van der Waals surface area contributed by atoms with Crippen LogP contribution >= 0.6 is 22.6 Å².